The van der Waals surface area contributed by atoms with Crippen LogP contribution in [0, 0.1) is 11.2 Å². The number of aliphatic hydroxyl groups excluding tert-OH is 1. The molecule has 4 N–H and O–H groups in total. The summed E-state index contributed by atoms with van der Waals surface area (Å²) in [5, 5.41) is 30.5. The van der Waals surface area contributed by atoms with Crippen molar-refractivity contribution in [3.05, 3.63) is 30.1 Å². The number of aliphatic carboxylic acids is 2. The molecule has 120 valence electrons. The number of benzene rings is 1. The zero-order chi connectivity index (χ0) is 16.8. The van der Waals surface area contributed by atoms with Crippen LogP contribution in [0.15, 0.2) is 24.3 Å². The molecule has 0 amide bonds. The van der Waals surface area contributed by atoms with E-state index >= 15 is 0 Å². The van der Waals surface area contributed by atoms with E-state index in [0.29, 0.717) is 5.69 Å². The van der Waals surface area contributed by atoms with Crippen molar-refractivity contribution >= 4 is 26.1 Å². The Labute approximate surface area is 127 Å². The quantitative estimate of drug-likeness (QED) is 0.508. The number of carboxylic acid groups (broad SMARTS) is 2. The molecule has 0 saturated heterocycles. The van der Waals surface area contributed by atoms with E-state index in [4.69, 9.17) is 5.11 Å². The lowest BCUT2D eigenvalue weighted by molar-refractivity contribution is -0.153. The van der Waals surface area contributed by atoms with Gasteiger partial charge in [0, 0.05) is 18.7 Å². The van der Waals surface area contributed by atoms with E-state index in [9.17, 15) is 28.8 Å². The van der Waals surface area contributed by atoms with Crippen LogP contribution in [0.4, 0.5) is 10.1 Å². The van der Waals surface area contributed by atoms with Gasteiger partial charge >= 0.3 is 11.9 Å². The minimum absolute atomic E-state index is 0.363. The van der Waals surface area contributed by atoms with E-state index in [1.54, 1.807) is 0 Å². The summed E-state index contributed by atoms with van der Waals surface area (Å²) in [4.78, 5) is 22.2. The van der Waals surface area contributed by atoms with Crippen molar-refractivity contribution in [2.24, 2.45) is 5.41 Å². The molecule has 0 heterocycles. The second kappa shape index (κ2) is 7.82. The number of aliphatic hydroxyl groups is 1. The van der Waals surface area contributed by atoms with Gasteiger partial charge in [-0.1, -0.05) is 0 Å². The second-order valence-electron chi connectivity index (χ2n) is 4.69. The number of hydrogen-bond acceptors (Lipinski definition) is 5. The monoisotopic (exact) mass is 331 g/mol. The Balaban J connectivity index is 2.96. The second-order valence-corrected chi connectivity index (χ2v) is 5.39. The van der Waals surface area contributed by atoms with Gasteiger partial charge < -0.3 is 20.6 Å². The highest BCUT2D eigenvalue weighted by molar-refractivity contribution is 7.24. The highest BCUT2D eigenvalue weighted by Crippen LogP contribution is 2.35. The topological polar surface area (TPSA) is 124 Å². The minimum atomic E-state index is -1.95. The van der Waals surface area contributed by atoms with Gasteiger partial charge in [-0.25, -0.2) is 4.39 Å². The van der Waals surface area contributed by atoms with Gasteiger partial charge in [0.15, 0.2) is 14.3 Å². The summed E-state index contributed by atoms with van der Waals surface area (Å²) in [6.45, 7) is -0.363. The van der Waals surface area contributed by atoms with Gasteiger partial charge in [-0.2, -0.15) is 0 Å². The summed E-state index contributed by atoms with van der Waals surface area (Å²) in [6.07, 6.45) is -0.924. The Morgan fingerprint density at radius 3 is 2.32 bits per heavy atom. The molecule has 0 aromatic heterocycles. The third kappa shape index (κ3) is 4.47. The Morgan fingerprint density at radius 2 is 1.86 bits per heavy atom. The van der Waals surface area contributed by atoms with Crippen molar-refractivity contribution in [2.45, 2.75) is 18.7 Å². The van der Waals surface area contributed by atoms with Crippen LogP contribution in [-0.2, 0) is 14.2 Å². The van der Waals surface area contributed by atoms with E-state index in [1.165, 1.54) is 12.1 Å². The van der Waals surface area contributed by atoms with Crippen LogP contribution in [0.5, 0.6) is 0 Å². The highest BCUT2D eigenvalue weighted by atomic mass is 31.1. The first-order chi connectivity index (χ1) is 10.3. The van der Waals surface area contributed by atoms with E-state index < -0.39 is 50.3 Å². The predicted molar refractivity (Wildman–Crippen MR) is 75.4 cm³/mol. The van der Waals surface area contributed by atoms with Crippen molar-refractivity contribution in [1.29, 1.82) is 0 Å². The van der Waals surface area contributed by atoms with Crippen molar-refractivity contribution in [1.82, 2.24) is 0 Å². The fourth-order valence-corrected chi connectivity index (χ4v) is 2.39. The Kier molecular flexibility index (Phi) is 6.39. The van der Waals surface area contributed by atoms with Crippen LogP contribution in [0.2, 0.25) is 0 Å². The van der Waals surface area contributed by atoms with Gasteiger partial charge in [-0.05, 0) is 30.7 Å². The zero-order valence-electron chi connectivity index (χ0n) is 11.4. The average Bonchev–Trinajstić information content (AvgIpc) is 2.48. The molecule has 1 aromatic carbocycles. The molecule has 0 bridgehead atoms. The van der Waals surface area contributed by atoms with Gasteiger partial charge in [0.2, 0.25) is 0 Å². The number of nitrogens with one attached hydrogen (secondary N) is 1. The van der Waals surface area contributed by atoms with Gasteiger partial charge in [-0.15, -0.1) is 0 Å². The summed E-state index contributed by atoms with van der Waals surface area (Å²) < 4.78 is 23.7. The molecule has 2 unspecified atom stereocenters. The Morgan fingerprint density at radius 1 is 1.27 bits per heavy atom. The van der Waals surface area contributed by atoms with Crippen LogP contribution >= 0.6 is 8.46 Å². The van der Waals surface area contributed by atoms with Crippen LogP contribution < -0.4 is 5.32 Å². The van der Waals surface area contributed by atoms with Gasteiger partial charge in [0.1, 0.15) is 11.2 Å². The van der Waals surface area contributed by atoms with Crippen LogP contribution in [-0.4, -0.2) is 39.6 Å². The van der Waals surface area contributed by atoms with Crippen molar-refractivity contribution in [3.63, 3.8) is 0 Å². The molecular weight excluding hydrogens is 316 g/mol. The molecule has 22 heavy (non-hydrogen) atoms. The van der Waals surface area contributed by atoms with Gasteiger partial charge in [-0.3, -0.25) is 14.2 Å². The number of hydrogen-bond donors (Lipinski definition) is 4. The first-order valence-electron chi connectivity index (χ1n) is 6.27. The van der Waals surface area contributed by atoms with Crippen LogP contribution in [0.3, 0.4) is 0 Å². The van der Waals surface area contributed by atoms with E-state index in [1.807, 2.05) is 0 Å². The number of halogens is 1. The smallest absolute Gasteiger partial charge is 0.314 e. The normalized spacial score (nSPS) is 15.0. The fourth-order valence-electron chi connectivity index (χ4n) is 1.86. The molecule has 0 aliphatic rings. The summed E-state index contributed by atoms with van der Waals surface area (Å²) >= 11 is 0. The lowest BCUT2D eigenvalue weighted by Gasteiger charge is -2.31. The summed E-state index contributed by atoms with van der Waals surface area (Å²) in [6, 6.07) is 5.04. The summed E-state index contributed by atoms with van der Waals surface area (Å²) in [7, 11) is -0.821. The molecule has 0 aliphatic carbocycles. The molecular formula is C13H15FNO6P. The number of anilines is 1. The SMILES string of the molecule is O=PC(O)C(CCC(=O)O)(CNc1ccc(F)cc1)C(=O)O. The van der Waals surface area contributed by atoms with Gasteiger partial charge in [0.05, 0.1) is 0 Å². The molecule has 1 aromatic rings. The molecule has 0 fully saturated rings. The maximum Gasteiger partial charge on any atom is 0.314 e. The van der Waals surface area contributed by atoms with Crippen molar-refractivity contribution < 1.29 is 33.9 Å². The summed E-state index contributed by atoms with van der Waals surface area (Å²) in [5.74, 6) is -4.96. The zero-order valence-corrected chi connectivity index (χ0v) is 12.3. The molecule has 7 nitrogen and oxygen atoms in total. The largest absolute Gasteiger partial charge is 0.481 e. The molecule has 1 rings (SSSR count). The third-order valence-corrected chi connectivity index (χ3v) is 3.95. The average molecular weight is 331 g/mol. The van der Waals surface area contributed by atoms with Gasteiger partial charge in [0.25, 0.3) is 0 Å². The fraction of sp³-hybridized carbons (Fsp3) is 0.385. The molecule has 0 aliphatic heterocycles. The van der Waals surface area contributed by atoms with Crippen LogP contribution in [0.25, 0.3) is 0 Å². The lowest BCUT2D eigenvalue weighted by Crippen LogP contribution is -2.46. The Bertz CT molecular complexity index is 552. The van der Waals surface area contributed by atoms with E-state index in [2.05, 4.69) is 5.32 Å². The summed E-state index contributed by atoms with van der Waals surface area (Å²) in [5.41, 5.74) is -1.56. The molecule has 0 spiro atoms. The molecule has 2 atom stereocenters. The number of carboxylic acids is 2. The first kappa shape index (κ1) is 18.0. The lowest BCUT2D eigenvalue weighted by atomic mass is 9.83. The van der Waals surface area contributed by atoms with E-state index in [-0.39, 0.29) is 6.54 Å². The van der Waals surface area contributed by atoms with Crippen molar-refractivity contribution in [2.75, 3.05) is 11.9 Å². The predicted octanol–water partition coefficient (Wildman–Crippen LogP) is 1.78. The molecule has 9 heteroatoms. The maximum absolute atomic E-state index is 12.8. The standard InChI is InChI=1S/C13H15FNO6P/c14-8-1-3-9(4-2-8)15-7-13(11(18)19,12(20)22-21)6-5-10(16)17/h1-4,12,15,20H,5-7H2,(H,16,17)(H,18,19). The van der Waals surface area contributed by atoms with Crippen molar-refractivity contribution in [3.8, 4) is 0 Å². The first-order valence-corrected chi connectivity index (χ1v) is 7.15. The van der Waals surface area contributed by atoms with Crippen LogP contribution in [0.1, 0.15) is 12.8 Å². The minimum Gasteiger partial charge on any atom is -0.481 e. The maximum atomic E-state index is 12.8. The highest BCUT2D eigenvalue weighted by Gasteiger charge is 2.46. The molecule has 0 saturated carbocycles. The third-order valence-electron chi connectivity index (χ3n) is 3.26. The van der Waals surface area contributed by atoms with E-state index in [0.717, 1.165) is 12.1 Å². The number of rotatable bonds is 9. The molecule has 0 radical (unpaired) electrons. The number of carbonyl (C=O) groups is 2. The Hall–Kier alpha value is -2.05.